The molecule has 1 unspecified atom stereocenters. The van der Waals surface area contributed by atoms with Crippen LogP contribution in [0.4, 0.5) is 0 Å². The number of ether oxygens (including phenoxy) is 3. The number of methoxy groups -OCH3 is 2. The van der Waals surface area contributed by atoms with Crippen molar-refractivity contribution in [3.63, 3.8) is 0 Å². The summed E-state index contributed by atoms with van der Waals surface area (Å²) in [5, 5.41) is 7.37. The lowest BCUT2D eigenvalue weighted by atomic mass is 10.2. The van der Waals surface area contributed by atoms with Gasteiger partial charge in [0.15, 0.2) is 17.5 Å². The van der Waals surface area contributed by atoms with Gasteiger partial charge in [0.1, 0.15) is 9.88 Å². The number of guanidine groups is 1. The number of hydrogen-bond acceptors (Lipinski definition) is 7. The maximum absolute atomic E-state index is 12.1. The van der Waals surface area contributed by atoms with Crippen LogP contribution in [0.3, 0.4) is 0 Å². The van der Waals surface area contributed by atoms with Crippen molar-refractivity contribution in [1.29, 1.82) is 0 Å². The van der Waals surface area contributed by atoms with Crippen LogP contribution in [0.2, 0.25) is 0 Å². The van der Waals surface area contributed by atoms with Crippen molar-refractivity contribution in [3.05, 3.63) is 39.3 Å². The van der Waals surface area contributed by atoms with Crippen molar-refractivity contribution in [1.82, 2.24) is 15.6 Å². The number of rotatable bonds is 9. The molecule has 0 aliphatic heterocycles. The molecule has 2 N–H and O–H groups in total. The number of carbonyl (C=O) groups excluding carboxylic acids is 1. The number of thiazole rings is 1. The molecule has 0 spiro atoms. The molecule has 164 valence electrons. The monoisotopic (exact) mass is 434 g/mol. The Morgan fingerprint density at radius 3 is 2.67 bits per heavy atom. The number of aryl methyl sites for hydroxylation is 1. The lowest BCUT2D eigenvalue weighted by molar-refractivity contribution is 0.0531. The lowest BCUT2D eigenvalue weighted by Gasteiger charge is -2.16. The Labute approximate surface area is 181 Å². The van der Waals surface area contributed by atoms with Crippen molar-refractivity contribution >= 4 is 23.3 Å². The quantitative estimate of drug-likeness (QED) is 0.355. The highest BCUT2D eigenvalue weighted by atomic mass is 32.1. The van der Waals surface area contributed by atoms with E-state index in [4.69, 9.17) is 14.2 Å². The minimum atomic E-state index is -0.336. The Balaban J connectivity index is 2.17. The fraction of sp³-hybridized carbons (Fsp3) is 0.476. The molecule has 0 aliphatic rings. The van der Waals surface area contributed by atoms with E-state index in [-0.39, 0.29) is 12.0 Å². The highest BCUT2D eigenvalue weighted by Gasteiger charge is 2.20. The number of benzene rings is 1. The number of aromatic nitrogens is 1. The van der Waals surface area contributed by atoms with Crippen LogP contribution in [-0.4, -0.2) is 44.3 Å². The number of carbonyl (C=O) groups is 1. The van der Waals surface area contributed by atoms with E-state index in [0.29, 0.717) is 47.7 Å². The Bertz CT molecular complexity index is 882. The van der Waals surface area contributed by atoms with Gasteiger partial charge in [-0.05, 0) is 33.8 Å². The summed E-state index contributed by atoms with van der Waals surface area (Å²) < 4.78 is 15.9. The molecule has 0 radical (unpaired) electrons. The lowest BCUT2D eigenvalue weighted by Crippen LogP contribution is -2.38. The summed E-state index contributed by atoms with van der Waals surface area (Å²) in [5.41, 5.74) is 1.58. The number of para-hydroxylation sites is 1. The van der Waals surface area contributed by atoms with E-state index in [2.05, 4.69) is 20.6 Å². The molecule has 9 heteroatoms. The van der Waals surface area contributed by atoms with E-state index < -0.39 is 0 Å². The first-order valence-electron chi connectivity index (χ1n) is 9.84. The molecule has 0 saturated heterocycles. The second-order valence-electron chi connectivity index (χ2n) is 6.40. The van der Waals surface area contributed by atoms with Crippen LogP contribution in [0.5, 0.6) is 11.5 Å². The summed E-state index contributed by atoms with van der Waals surface area (Å²) in [6.07, 6.45) is 0. The van der Waals surface area contributed by atoms with Crippen molar-refractivity contribution in [3.8, 4) is 11.5 Å². The first-order chi connectivity index (χ1) is 14.4. The van der Waals surface area contributed by atoms with Crippen LogP contribution < -0.4 is 20.1 Å². The maximum atomic E-state index is 12.1. The molecular formula is C21H30N4O4S. The molecule has 0 aliphatic carbocycles. The Morgan fingerprint density at radius 1 is 1.27 bits per heavy atom. The van der Waals surface area contributed by atoms with Crippen molar-refractivity contribution < 1.29 is 19.0 Å². The molecule has 2 aromatic rings. The third-order valence-corrected chi connectivity index (χ3v) is 5.55. The van der Waals surface area contributed by atoms with E-state index in [1.807, 2.05) is 39.0 Å². The molecule has 1 heterocycles. The third-order valence-electron chi connectivity index (χ3n) is 4.23. The van der Waals surface area contributed by atoms with E-state index >= 15 is 0 Å². The zero-order valence-electron chi connectivity index (χ0n) is 18.4. The molecule has 0 bridgehead atoms. The predicted molar refractivity (Wildman–Crippen MR) is 119 cm³/mol. The van der Waals surface area contributed by atoms with Crippen molar-refractivity contribution in [2.45, 2.75) is 40.3 Å². The van der Waals surface area contributed by atoms with Gasteiger partial charge in [-0.3, -0.25) is 0 Å². The van der Waals surface area contributed by atoms with Gasteiger partial charge in [-0.15, -0.1) is 11.3 Å². The van der Waals surface area contributed by atoms with Crippen molar-refractivity contribution in [2.75, 3.05) is 27.4 Å². The van der Waals surface area contributed by atoms with Crippen LogP contribution in [0, 0.1) is 6.92 Å². The van der Waals surface area contributed by atoms with Gasteiger partial charge in [0, 0.05) is 12.1 Å². The molecule has 0 fully saturated rings. The smallest absolute Gasteiger partial charge is 0.350 e. The average Bonchev–Trinajstić information content (AvgIpc) is 3.13. The summed E-state index contributed by atoms with van der Waals surface area (Å²) in [6, 6.07) is 5.57. The van der Waals surface area contributed by atoms with E-state index in [9.17, 15) is 4.79 Å². The molecule has 1 aromatic carbocycles. The first kappa shape index (κ1) is 23.5. The molecule has 0 saturated carbocycles. The highest BCUT2D eigenvalue weighted by molar-refractivity contribution is 7.13. The zero-order valence-corrected chi connectivity index (χ0v) is 19.2. The van der Waals surface area contributed by atoms with E-state index in [1.54, 1.807) is 21.1 Å². The molecule has 1 atom stereocenters. The summed E-state index contributed by atoms with van der Waals surface area (Å²) >= 11 is 1.33. The standard InChI is InChI=1S/C21H30N4O4S/c1-7-22-21(23-12-15-10-9-11-16(27-5)17(15)28-6)25-14(4)19-24-13(3)18(30-19)20(26)29-8-2/h9-11,14H,7-8,12H2,1-6H3,(H2,22,23,25). The summed E-state index contributed by atoms with van der Waals surface area (Å²) in [4.78, 5) is 21.8. The number of nitrogens with zero attached hydrogens (tertiary/aromatic N) is 2. The first-order valence-corrected chi connectivity index (χ1v) is 10.7. The van der Waals surface area contributed by atoms with Gasteiger partial charge in [0.2, 0.25) is 0 Å². The van der Waals surface area contributed by atoms with Gasteiger partial charge in [0.05, 0.1) is 39.1 Å². The maximum Gasteiger partial charge on any atom is 0.350 e. The van der Waals surface area contributed by atoms with E-state index in [0.717, 1.165) is 10.6 Å². The molecule has 0 amide bonds. The van der Waals surface area contributed by atoms with Gasteiger partial charge in [-0.2, -0.15) is 0 Å². The number of esters is 1. The van der Waals surface area contributed by atoms with Crippen LogP contribution in [-0.2, 0) is 11.3 Å². The molecule has 8 nitrogen and oxygen atoms in total. The third kappa shape index (κ3) is 5.85. The Morgan fingerprint density at radius 2 is 2.03 bits per heavy atom. The Hall–Kier alpha value is -2.81. The minimum Gasteiger partial charge on any atom is -0.493 e. The van der Waals surface area contributed by atoms with Crippen LogP contribution in [0.15, 0.2) is 23.2 Å². The van der Waals surface area contributed by atoms with Gasteiger partial charge < -0.3 is 24.8 Å². The highest BCUT2D eigenvalue weighted by Crippen LogP contribution is 2.31. The fourth-order valence-corrected chi connectivity index (χ4v) is 3.78. The van der Waals surface area contributed by atoms with Crippen LogP contribution in [0.1, 0.15) is 52.7 Å². The Kier molecular flexibility index (Phi) is 8.91. The summed E-state index contributed by atoms with van der Waals surface area (Å²) in [7, 11) is 3.22. The minimum absolute atomic E-state index is 0.137. The van der Waals surface area contributed by atoms with Crippen molar-refractivity contribution in [2.24, 2.45) is 4.99 Å². The number of aliphatic imine (C=N–C) groups is 1. The van der Waals surface area contributed by atoms with Gasteiger partial charge in [-0.25, -0.2) is 14.8 Å². The van der Waals surface area contributed by atoms with Gasteiger partial charge in [-0.1, -0.05) is 12.1 Å². The topological polar surface area (TPSA) is 94.1 Å². The van der Waals surface area contributed by atoms with Gasteiger partial charge in [0.25, 0.3) is 0 Å². The van der Waals surface area contributed by atoms with Crippen LogP contribution in [0.25, 0.3) is 0 Å². The molecular weight excluding hydrogens is 404 g/mol. The summed E-state index contributed by atoms with van der Waals surface area (Å²) in [5.74, 6) is 1.64. The molecule has 2 rings (SSSR count). The SMILES string of the molecule is CCNC(=NCc1cccc(OC)c1OC)NC(C)c1nc(C)c(C(=O)OCC)s1. The number of nitrogens with one attached hydrogen (secondary N) is 2. The van der Waals surface area contributed by atoms with Gasteiger partial charge >= 0.3 is 5.97 Å². The predicted octanol–water partition coefficient (Wildman–Crippen LogP) is 3.46. The largest absolute Gasteiger partial charge is 0.493 e. The molecule has 30 heavy (non-hydrogen) atoms. The molecule has 1 aromatic heterocycles. The zero-order chi connectivity index (χ0) is 22.1. The average molecular weight is 435 g/mol. The fourth-order valence-electron chi connectivity index (χ4n) is 2.82. The summed E-state index contributed by atoms with van der Waals surface area (Å²) in [6.45, 7) is 9.03. The second-order valence-corrected chi connectivity index (χ2v) is 7.43. The second kappa shape index (κ2) is 11.4. The van der Waals surface area contributed by atoms with Crippen LogP contribution >= 0.6 is 11.3 Å². The normalized spacial score (nSPS) is 12.3. The van der Waals surface area contributed by atoms with E-state index in [1.165, 1.54) is 11.3 Å². The number of hydrogen-bond donors (Lipinski definition) is 2.